The molecule has 0 aliphatic heterocycles. The van der Waals surface area contributed by atoms with Gasteiger partial charge in [-0.2, -0.15) is 0 Å². The topological polar surface area (TPSA) is 29.1 Å². The molecule has 0 fully saturated rings. The molecule has 0 atom stereocenters. The predicted molar refractivity (Wildman–Crippen MR) is 83.4 cm³/mol. The molecular weight excluding hydrogens is 293 g/mol. The quantitative estimate of drug-likeness (QED) is 0.878. The van der Waals surface area contributed by atoms with Crippen molar-refractivity contribution < 1.29 is 4.79 Å². The van der Waals surface area contributed by atoms with Gasteiger partial charge in [0, 0.05) is 5.02 Å². The first kappa shape index (κ1) is 14.9. The first-order valence-corrected chi connectivity index (χ1v) is 6.99. The van der Waals surface area contributed by atoms with Gasteiger partial charge in [-0.1, -0.05) is 47.5 Å². The number of hydrogen-bond donors (Lipinski definition) is 1. The zero-order valence-corrected chi connectivity index (χ0v) is 12.8. The summed E-state index contributed by atoms with van der Waals surface area (Å²) >= 11 is 11.9. The number of benzene rings is 2. The average Bonchev–Trinajstić information content (AvgIpc) is 2.39. The SMILES string of the molecule is CC(C)(NC(=O)c1ccccc1Cl)c1ccc(Cl)cc1. The van der Waals surface area contributed by atoms with Gasteiger partial charge in [-0.05, 0) is 43.7 Å². The summed E-state index contributed by atoms with van der Waals surface area (Å²) in [6.07, 6.45) is 0. The molecule has 1 amide bonds. The Bertz CT molecular complexity index is 621. The van der Waals surface area contributed by atoms with Gasteiger partial charge in [-0.3, -0.25) is 4.79 Å². The Morgan fingerprint density at radius 3 is 2.20 bits per heavy atom. The molecule has 0 saturated carbocycles. The molecular formula is C16H15Cl2NO. The zero-order valence-electron chi connectivity index (χ0n) is 11.3. The highest BCUT2D eigenvalue weighted by molar-refractivity contribution is 6.33. The van der Waals surface area contributed by atoms with Crippen LogP contribution >= 0.6 is 23.2 Å². The van der Waals surface area contributed by atoms with E-state index in [1.807, 2.05) is 26.0 Å². The van der Waals surface area contributed by atoms with Crippen molar-refractivity contribution >= 4 is 29.1 Å². The monoisotopic (exact) mass is 307 g/mol. The Kier molecular flexibility index (Phi) is 4.36. The fourth-order valence-corrected chi connectivity index (χ4v) is 2.28. The van der Waals surface area contributed by atoms with Crippen molar-refractivity contribution in [2.24, 2.45) is 0 Å². The van der Waals surface area contributed by atoms with E-state index in [1.165, 1.54) is 0 Å². The third-order valence-corrected chi connectivity index (χ3v) is 3.69. The lowest BCUT2D eigenvalue weighted by molar-refractivity contribution is 0.0912. The molecule has 0 aliphatic carbocycles. The molecule has 2 aromatic rings. The Morgan fingerprint density at radius 2 is 1.60 bits per heavy atom. The van der Waals surface area contributed by atoms with Crippen LogP contribution < -0.4 is 5.32 Å². The summed E-state index contributed by atoms with van der Waals surface area (Å²) in [5, 5.41) is 4.09. The summed E-state index contributed by atoms with van der Waals surface area (Å²) in [5.74, 6) is -0.199. The van der Waals surface area contributed by atoms with Gasteiger partial charge < -0.3 is 5.32 Å². The fourth-order valence-electron chi connectivity index (χ4n) is 1.94. The Hall–Kier alpha value is -1.51. The Balaban J connectivity index is 2.22. The lowest BCUT2D eigenvalue weighted by Crippen LogP contribution is -2.41. The van der Waals surface area contributed by atoms with Crippen LogP contribution in [0.3, 0.4) is 0 Å². The lowest BCUT2D eigenvalue weighted by Gasteiger charge is -2.27. The van der Waals surface area contributed by atoms with Crippen LogP contribution in [0.1, 0.15) is 29.8 Å². The van der Waals surface area contributed by atoms with Crippen LogP contribution in [0.15, 0.2) is 48.5 Å². The molecule has 2 rings (SSSR count). The molecule has 0 saturated heterocycles. The molecule has 0 unspecified atom stereocenters. The standard InChI is InChI=1S/C16H15Cl2NO/c1-16(2,11-7-9-12(17)10-8-11)19-15(20)13-5-3-4-6-14(13)18/h3-10H,1-2H3,(H,19,20). The minimum atomic E-state index is -0.513. The normalized spacial score (nSPS) is 11.2. The molecule has 0 aromatic heterocycles. The third kappa shape index (κ3) is 3.33. The highest BCUT2D eigenvalue weighted by atomic mass is 35.5. The van der Waals surface area contributed by atoms with Crippen LogP contribution in [0.5, 0.6) is 0 Å². The van der Waals surface area contributed by atoms with Crippen molar-refractivity contribution in [3.63, 3.8) is 0 Å². The Labute approximate surface area is 128 Å². The molecule has 0 heterocycles. The van der Waals surface area contributed by atoms with E-state index in [0.29, 0.717) is 15.6 Å². The number of carbonyl (C=O) groups is 1. The summed E-state index contributed by atoms with van der Waals surface area (Å²) in [4.78, 5) is 12.3. The average molecular weight is 308 g/mol. The molecule has 4 heteroatoms. The third-order valence-electron chi connectivity index (χ3n) is 3.11. The molecule has 1 N–H and O–H groups in total. The first-order valence-electron chi connectivity index (χ1n) is 6.23. The highest BCUT2D eigenvalue weighted by Crippen LogP contribution is 2.23. The maximum Gasteiger partial charge on any atom is 0.253 e. The molecule has 0 aliphatic rings. The number of amides is 1. The van der Waals surface area contributed by atoms with Gasteiger partial charge in [0.2, 0.25) is 0 Å². The van der Waals surface area contributed by atoms with Crippen molar-refractivity contribution in [2.75, 3.05) is 0 Å². The van der Waals surface area contributed by atoms with Crippen molar-refractivity contribution in [3.8, 4) is 0 Å². The second kappa shape index (κ2) is 5.86. The summed E-state index contributed by atoms with van der Waals surface area (Å²) < 4.78 is 0. The van der Waals surface area contributed by atoms with Crippen LogP contribution in [-0.4, -0.2) is 5.91 Å². The van der Waals surface area contributed by atoms with Gasteiger partial charge in [0.15, 0.2) is 0 Å². The van der Waals surface area contributed by atoms with Gasteiger partial charge >= 0.3 is 0 Å². The van der Waals surface area contributed by atoms with E-state index in [9.17, 15) is 4.79 Å². The van der Waals surface area contributed by atoms with Gasteiger partial charge in [-0.25, -0.2) is 0 Å². The molecule has 0 spiro atoms. The molecule has 2 aromatic carbocycles. The zero-order chi connectivity index (χ0) is 14.8. The number of carbonyl (C=O) groups excluding carboxylic acids is 1. The van der Waals surface area contributed by atoms with Gasteiger partial charge in [0.25, 0.3) is 5.91 Å². The molecule has 0 bridgehead atoms. The minimum absolute atomic E-state index is 0.199. The van der Waals surface area contributed by atoms with Crippen molar-refractivity contribution in [1.82, 2.24) is 5.32 Å². The van der Waals surface area contributed by atoms with Gasteiger partial charge in [-0.15, -0.1) is 0 Å². The molecule has 0 radical (unpaired) electrons. The molecule has 104 valence electrons. The Morgan fingerprint density at radius 1 is 1.00 bits per heavy atom. The van der Waals surface area contributed by atoms with E-state index >= 15 is 0 Å². The molecule has 20 heavy (non-hydrogen) atoms. The second-order valence-electron chi connectivity index (χ2n) is 5.07. The number of hydrogen-bond acceptors (Lipinski definition) is 1. The van der Waals surface area contributed by atoms with Crippen LogP contribution in [0.2, 0.25) is 10.0 Å². The summed E-state index contributed by atoms with van der Waals surface area (Å²) in [5.41, 5.74) is 0.930. The summed E-state index contributed by atoms with van der Waals surface area (Å²) in [6, 6.07) is 14.4. The van der Waals surface area contributed by atoms with E-state index in [-0.39, 0.29) is 5.91 Å². The van der Waals surface area contributed by atoms with Crippen LogP contribution in [-0.2, 0) is 5.54 Å². The first-order chi connectivity index (χ1) is 9.40. The maximum absolute atomic E-state index is 12.3. The van der Waals surface area contributed by atoms with E-state index < -0.39 is 5.54 Å². The van der Waals surface area contributed by atoms with E-state index in [0.717, 1.165) is 5.56 Å². The minimum Gasteiger partial charge on any atom is -0.343 e. The number of rotatable bonds is 3. The van der Waals surface area contributed by atoms with Gasteiger partial charge in [0.05, 0.1) is 16.1 Å². The van der Waals surface area contributed by atoms with Gasteiger partial charge in [0.1, 0.15) is 0 Å². The van der Waals surface area contributed by atoms with E-state index in [1.54, 1.807) is 36.4 Å². The van der Waals surface area contributed by atoms with E-state index in [2.05, 4.69) is 5.32 Å². The van der Waals surface area contributed by atoms with E-state index in [4.69, 9.17) is 23.2 Å². The molecule has 2 nitrogen and oxygen atoms in total. The lowest BCUT2D eigenvalue weighted by atomic mass is 9.94. The van der Waals surface area contributed by atoms with Crippen LogP contribution in [0, 0.1) is 0 Å². The van der Waals surface area contributed by atoms with Crippen molar-refractivity contribution in [2.45, 2.75) is 19.4 Å². The fraction of sp³-hybridized carbons (Fsp3) is 0.188. The van der Waals surface area contributed by atoms with Crippen molar-refractivity contribution in [3.05, 3.63) is 69.7 Å². The van der Waals surface area contributed by atoms with Crippen molar-refractivity contribution in [1.29, 1.82) is 0 Å². The smallest absolute Gasteiger partial charge is 0.253 e. The number of halogens is 2. The maximum atomic E-state index is 12.3. The summed E-state index contributed by atoms with van der Waals surface area (Å²) in [7, 11) is 0. The van der Waals surface area contributed by atoms with Crippen LogP contribution in [0.25, 0.3) is 0 Å². The highest BCUT2D eigenvalue weighted by Gasteiger charge is 2.24. The predicted octanol–water partition coefficient (Wildman–Crippen LogP) is 4.66. The summed E-state index contributed by atoms with van der Waals surface area (Å²) in [6.45, 7) is 3.87. The second-order valence-corrected chi connectivity index (χ2v) is 5.91. The van der Waals surface area contributed by atoms with Crippen LogP contribution in [0.4, 0.5) is 0 Å². The number of nitrogens with one attached hydrogen (secondary N) is 1. The largest absolute Gasteiger partial charge is 0.343 e.